The average Bonchev–Trinajstić information content (AvgIpc) is 1.85. The largest absolute Gasteiger partial charge is 0.469 e. The summed E-state index contributed by atoms with van der Waals surface area (Å²) in [5.74, 6) is -0.497. The van der Waals surface area contributed by atoms with Crippen LogP contribution in [-0.2, 0) is 19.4 Å². The van der Waals surface area contributed by atoms with Gasteiger partial charge < -0.3 is 4.74 Å². The molecule has 0 fully saturated rings. The molecule has 0 aliphatic carbocycles. The number of methoxy groups -OCH3 is 1. The van der Waals surface area contributed by atoms with E-state index in [-0.39, 0.29) is 6.42 Å². The van der Waals surface area contributed by atoms with Gasteiger partial charge in [0, 0.05) is 6.26 Å². The van der Waals surface area contributed by atoms with Crippen LogP contribution in [0.1, 0.15) is 13.3 Å². The Hall–Kier alpha value is -0.580. The van der Waals surface area contributed by atoms with E-state index in [1.807, 2.05) is 0 Å². The number of hydrogen-bond acceptors (Lipinski definition) is 4. The van der Waals surface area contributed by atoms with Crippen molar-refractivity contribution >= 4 is 15.8 Å². The summed E-state index contributed by atoms with van der Waals surface area (Å²) in [5, 5.41) is -0.657. The Labute approximate surface area is 66.5 Å². The molecule has 0 aromatic heterocycles. The van der Waals surface area contributed by atoms with Crippen molar-refractivity contribution in [2.24, 2.45) is 0 Å². The number of sulfone groups is 1. The maximum atomic E-state index is 10.8. The van der Waals surface area contributed by atoms with Gasteiger partial charge in [0.05, 0.1) is 18.8 Å². The fraction of sp³-hybridized carbons (Fsp3) is 0.833. The number of ether oxygens (including phenoxy) is 1. The van der Waals surface area contributed by atoms with Crippen LogP contribution in [0.2, 0.25) is 0 Å². The molecule has 1 unspecified atom stereocenters. The van der Waals surface area contributed by atoms with E-state index in [1.165, 1.54) is 14.0 Å². The molecule has 0 spiro atoms. The molecule has 0 aliphatic rings. The van der Waals surface area contributed by atoms with Gasteiger partial charge in [-0.25, -0.2) is 8.42 Å². The highest BCUT2D eigenvalue weighted by atomic mass is 32.2. The molecule has 0 radical (unpaired) electrons. The number of esters is 1. The van der Waals surface area contributed by atoms with E-state index in [2.05, 4.69) is 4.74 Å². The third-order valence-corrected chi connectivity index (χ3v) is 3.04. The molecule has 0 bridgehead atoms. The first-order valence-corrected chi connectivity index (χ1v) is 5.09. The van der Waals surface area contributed by atoms with Gasteiger partial charge in [0.25, 0.3) is 0 Å². The lowest BCUT2D eigenvalue weighted by atomic mass is 10.3. The second-order valence-electron chi connectivity index (χ2n) is 2.42. The maximum Gasteiger partial charge on any atom is 0.306 e. The first-order chi connectivity index (χ1) is 4.88. The molecule has 0 aromatic rings. The monoisotopic (exact) mass is 180 g/mol. The molecule has 0 saturated carbocycles. The quantitative estimate of drug-likeness (QED) is 0.573. The van der Waals surface area contributed by atoms with Crippen LogP contribution in [0.4, 0.5) is 0 Å². The summed E-state index contributed by atoms with van der Waals surface area (Å²) >= 11 is 0. The Morgan fingerprint density at radius 3 is 2.27 bits per heavy atom. The van der Waals surface area contributed by atoms with Crippen molar-refractivity contribution in [2.75, 3.05) is 13.4 Å². The minimum atomic E-state index is -3.11. The van der Waals surface area contributed by atoms with Crippen LogP contribution in [0.25, 0.3) is 0 Å². The van der Waals surface area contributed by atoms with Crippen molar-refractivity contribution in [1.29, 1.82) is 0 Å². The van der Waals surface area contributed by atoms with E-state index < -0.39 is 21.1 Å². The molecule has 0 saturated heterocycles. The highest BCUT2D eigenvalue weighted by molar-refractivity contribution is 7.91. The average molecular weight is 180 g/mol. The molecule has 0 aliphatic heterocycles. The van der Waals surface area contributed by atoms with Crippen LogP contribution in [0.3, 0.4) is 0 Å². The molecule has 66 valence electrons. The van der Waals surface area contributed by atoms with Crippen LogP contribution in [-0.4, -0.2) is 33.0 Å². The van der Waals surface area contributed by atoms with Crippen LogP contribution in [0.15, 0.2) is 0 Å². The highest BCUT2D eigenvalue weighted by Crippen LogP contribution is 2.03. The van der Waals surface area contributed by atoms with E-state index in [0.29, 0.717) is 0 Å². The first kappa shape index (κ1) is 10.4. The van der Waals surface area contributed by atoms with Crippen LogP contribution < -0.4 is 0 Å². The van der Waals surface area contributed by atoms with Crippen molar-refractivity contribution in [3.8, 4) is 0 Å². The van der Waals surface area contributed by atoms with Gasteiger partial charge in [0.15, 0.2) is 9.84 Å². The summed E-state index contributed by atoms with van der Waals surface area (Å²) in [6.45, 7) is 1.48. The third kappa shape index (κ3) is 3.98. The van der Waals surface area contributed by atoms with Gasteiger partial charge >= 0.3 is 5.97 Å². The van der Waals surface area contributed by atoms with E-state index in [1.54, 1.807) is 0 Å². The topological polar surface area (TPSA) is 60.4 Å². The summed E-state index contributed by atoms with van der Waals surface area (Å²) < 4.78 is 25.9. The van der Waals surface area contributed by atoms with Crippen LogP contribution in [0.5, 0.6) is 0 Å². The normalized spacial score (nSPS) is 14.1. The zero-order valence-electron chi connectivity index (χ0n) is 6.83. The molecular formula is C6H12O4S. The molecule has 0 N–H and O–H groups in total. The standard InChI is InChI=1S/C6H12O4S/c1-5(11(3,8)9)4-6(7)10-2/h5H,4H2,1-3H3. The molecular weight excluding hydrogens is 168 g/mol. The van der Waals surface area contributed by atoms with Gasteiger partial charge in [-0.05, 0) is 6.92 Å². The zero-order valence-corrected chi connectivity index (χ0v) is 7.64. The Kier molecular flexibility index (Phi) is 3.51. The SMILES string of the molecule is COC(=O)CC(C)S(C)(=O)=O. The van der Waals surface area contributed by atoms with Crippen molar-refractivity contribution in [1.82, 2.24) is 0 Å². The van der Waals surface area contributed by atoms with Gasteiger partial charge in [0.2, 0.25) is 0 Å². The summed E-state index contributed by atoms with van der Waals surface area (Å²) in [6, 6.07) is 0. The summed E-state index contributed by atoms with van der Waals surface area (Å²) in [5.41, 5.74) is 0. The van der Waals surface area contributed by atoms with Gasteiger partial charge in [-0.1, -0.05) is 0 Å². The zero-order chi connectivity index (χ0) is 9.07. The minimum Gasteiger partial charge on any atom is -0.469 e. The van der Waals surface area contributed by atoms with Crippen molar-refractivity contribution in [3.05, 3.63) is 0 Å². The summed E-state index contributed by atoms with van der Waals surface area (Å²) in [7, 11) is -1.88. The Morgan fingerprint density at radius 1 is 1.55 bits per heavy atom. The number of rotatable bonds is 3. The number of carbonyl (C=O) groups is 1. The molecule has 0 rings (SSSR count). The summed E-state index contributed by atoms with van der Waals surface area (Å²) in [4.78, 5) is 10.6. The molecule has 5 heteroatoms. The van der Waals surface area contributed by atoms with Crippen molar-refractivity contribution < 1.29 is 17.9 Å². The second-order valence-corrected chi connectivity index (χ2v) is 4.88. The second kappa shape index (κ2) is 3.71. The van der Waals surface area contributed by atoms with Gasteiger partial charge in [-0.15, -0.1) is 0 Å². The van der Waals surface area contributed by atoms with Crippen molar-refractivity contribution in [3.63, 3.8) is 0 Å². The van der Waals surface area contributed by atoms with E-state index in [0.717, 1.165) is 6.26 Å². The molecule has 11 heavy (non-hydrogen) atoms. The lowest BCUT2D eigenvalue weighted by molar-refractivity contribution is -0.140. The Bertz CT molecular complexity index is 229. The lowest BCUT2D eigenvalue weighted by Crippen LogP contribution is -2.20. The Balaban J connectivity index is 4.10. The fourth-order valence-corrected chi connectivity index (χ4v) is 0.908. The third-order valence-electron chi connectivity index (χ3n) is 1.41. The van der Waals surface area contributed by atoms with Crippen molar-refractivity contribution in [2.45, 2.75) is 18.6 Å². The first-order valence-electron chi connectivity index (χ1n) is 3.13. The van der Waals surface area contributed by atoms with Crippen LogP contribution >= 0.6 is 0 Å². The molecule has 0 aromatic carbocycles. The molecule has 0 heterocycles. The number of carbonyl (C=O) groups excluding carboxylic acids is 1. The van der Waals surface area contributed by atoms with Gasteiger partial charge in [-0.2, -0.15) is 0 Å². The predicted octanol–water partition coefficient (Wildman–Crippen LogP) is -0.0174. The Morgan fingerprint density at radius 2 is 2.00 bits per heavy atom. The van der Waals surface area contributed by atoms with Gasteiger partial charge in [-0.3, -0.25) is 4.79 Å². The molecule has 1 atom stereocenters. The van der Waals surface area contributed by atoms with E-state index >= 15 is 0 Å². The van der Waals surface area contributed by atoms with Gasteiger partial charge in [0.1, 0.15) is 0 Å². The lowest BCUT2D eigenvalue weighted by Gasteiger charge is -2.06. The van der Waals surface area contributed by atoms with E-state index in [9.17, 15) is 13.2 Å². The maximum absolute atomic E-state index is 10.8. The minimum absolute atomic E-state index is 0.0741. The number of hydrogen-bond donors (Lipinski definition) is 0. The highest BCUT2D eigenvalue weighted by Gasteiger charge is 2.18. The summed E-state index contributed by atoms with van der Waals surface area (Å²) in [6.07, 6.45) is 1.02. The fourth-order valence-electron chi connectivity index (χ4n) is 0.469. The van der Waals surface area contributed by atoms with E-state index in [4.69, 9.17) is 0 Å². The van der Waals surface area contributed by atoms with Crippen LogP contribution in [0, 0.1) is 0 Å². The smallest absolute Gasteiger partial charge is 0.306 e. The molecule has 0 amide bonds. The predicted molar refractivity (Wildman–Crippen MR) is 40.9 cm³/mol. The molecule has 4 nitrogen and oxygen atoms in total.